The Morgan fingerprint density at radius 3 is 2.46 bits per heavy atom. The van der Waals surface area contributed by atoms with Crippen LogP contribution in [0.15, 0.2) is 29.5 Å². The Hall–Kier alpha value is -0.970. The third-order valence-electron chi connectivity index (χ3n) is 3.09. The smallest absolute Gasteiger partial charge is 0.357 e. The number of aliphatic imine (C=N–C) groups is 1. The molecule has 0 saturated carbocycles. The summed E-state index contributed by atoms with van der Waals surface area (Å²) in [4.78, 5) is 5.64. The standard InChI is InChI=1S/C15H26F3N5.HI/c1-3-19-14(21-8-12-23-10-4-5-11-23)20-7-6-9-22(2)13-15(16,17)18;/h4-5,10-11H,3,6-9,12-13H2,1-2H3,(H2,19,20,21);1H. The maximum Gasteiger partial charge on any atom is 0.401 e. The molecule has 1 rings (SSSR count). The predicted molar refractivity (Wildman–Crippen MR) is 102 cm³/mol. The Labute approximate surface area is 158 Å². The summed E-state index contributed by atoms with van der Waals surface area (Å²) in [6.45, 7) is 4.24. The van der Waals surface area contributed by atoms with Crippen LogP contribution < -0.4 is 10.6 Å². The second-order valence-corrected chi connectivity index (χ2v) is 5.31. The van der Waals surface area contributed by atoms with Crippen molar-refractivity contribution in [3.05, 3.63) is 24.5 Å². The van der Waals surface area contributed by atoms with Crippen LogP contribution in [0.3, 0.4) is 0 Å². The van der Waals surface area contributed by atoms with E-state index in [9.17, 15) is 13.2 Å². The SMILES string of the molecule is CCNC(=NCCCN(C)CC(F)(F)F)NCCn1cccc1.I. The number of nitrogens with one attached hydrogen (secondary N) is 2. The number of nitrogens with zero attached hydrogens (tertiary/aromatic N) is 3. The lowest BCUT2D eigenvalue weighted by atomic mass is 10.4. The average molecular weight is 461 g/mol. The number of aromatic nitrogens is 1. The molecule has 24 heavy (non-hydrogen) atoms. The van der Waals surface area contributed by atoms with Crippen LogP contribution in [0.25, 0.3) is 0 Å². The van der Waals surface area contributed by atoms with Crippen LogP contribution >= 0.6 is 24.0 Å². The van der Waals surface area contributed by atoms with E-state index in [-0.39, 0.29) is 24.0 Å². The van der Waals surface area contributed by atoms with Gasteiger partial charge in [0.2, 0.25) is 0 Å². The van der Waals surface area contributed by atoms with Gasteiger partial charge in [0, 0.05) is 38.6 Å². The van der Waals surface area contributed by atoms with Crippen molar-refractivity contribution in [3.8, 4) is 0 Å². The quantitative estimate of drug-likeness (QED) is 0.257. The lowest BCUT2D eigenvalue weighted by molar-refractivity contribution is -0.143. The molecule has 0 radical (unpaired) electrons. The van der Waals surface area contributed by atoms with E-state index < -0.39 is 12.7 Å². The molecule has 0 unspecified atom stereocenters. The summed E-state index contributed by atoms with van der Waals surface area (Å²) in [6.07, 6.45) is 0.415. The Morgan fingerprint density at radius 2 is 1.88 bits per heavy atom. The van der Waals surface area contributed by atoms with Crippen molar-refractivity contribution in [2.45, 2.75) is 26.1 Å². The van der Waals surface area contributed by atoms with Gasteiger partial charge in [-0.15, -0.1) is 24.0 Å². The first-order valence-electron chi connectivity index (χ1n) is 7.79. The van der Waals surface area contributed by atoms with E-state index in [0.717, 1.165) is 19.6 Å². The molecule has 0 fully saturated rings. The van der Waals surface area contributed by atoms with Gasteiger partial charge < -0.3 is 15.2 Å². The zero-order valence-electron chi connectivity index (χ0n) is 14.1. The van der Waals surface area contributed by atoms with Gasteiger partial charge in [0.15, 0.2) is 5.96 Å². The topological polar surface area (TPSA) is 44.6 Å². The van der Waals surface area contributed by atoms with Crippen LogP contribution in [0.1, 0.15) is 13.3 Å². The highest BCUT2D eigenvalue weighted by Gasteiger charge is 2.28. The Balaban J connectivity index is 0.00000529. The van der Waals surface area contributed by atoms with Crippen molar-refractivity contribution in [2.75, 3.05) is 39.8 Å². The maximum atomic E-state index is 12.2. The van der Waals surface area contributed by atoms with Crippen molar-refractivity contribution in [2.24, 2.45) is 4.99 Å². The molecule has 140 valence electrons. The molecule has 0 amide bonds. The summed E-state index contributed by atoms with van der Waals surface area (Å²) < 4.78 is 38.7. The van der Waals surface area contributed by atoms with Crippen LogP contribution in [0.5, 0.6) is 0 Å². The fourth-order valence-electron chi connectivity index (χ4n) is 2.08. The predicted octanol–water partition coefficient (Wildman–Crippen LogP) is 2.55. The minimum atomic E-state index is -4.15. The molecule has 0 aliphatic rings. The van der Waals surface area contributed by atoms with Crippen molar-refractivity contribution < 1.29 is 13.2 Å². The summed E-state index contributed by atoms with van der Waals surface area (Å²) in [5.74, 6) is 0.693. The highest BCUT2D eigenvalue weighted by molar-refractivity contribution is 14.0. The maximum absolute atomic E-state index is 12.2. The van der Waals surface area contributed by atoms with Crippen molar-refractivity contribution >= 4 is 29.9 Å². The Kier molecular flexibility index (Phi) is 11.9. The van der Waals surface area contributed by atoms with Gasteiger partial charge in [0.1, 0.15) is 0 Å². The minimum absolute atomic E-state index is 0. The number of rotatable bonds is 9. The number of hydrogen-bond donors (Lipinski definition) is 2. The van der Waals surface area contributed by atoms with E-state index >= 15 is 0 Å². The minimum Gasteiger partial charge on any atom is -0.357 e. The molecule has 0 atom stereocenters. The lowest BCUT2D eigenvalue weighted by Crippen LogP contribution is -2.39. The van der Waals surface area contributed by atoms with Gasteiger partial charge in [-0.1, -0.05) is 0 Å². The first kappa shape index (κ1) is 23.0. The molecule has 0 aromatic carbocycles. The van der Waals surface area contributed by atoms with E-state index in [0.29, 0.717) is 25.5 Å². The second kappa shape index (κ2) is 12.4. The van der Waals surface area contributed by atoms with Gasteiger partial charge in [-0.2, -0.15) is 13.2 Å². The van der Waals surface area contributed by atoms with Crippen LogP contribution in [-0.2, 0) is 6.54 Å². The van der Waals surface area contributed by atoms with Crippen molar-refractivity contribution in [1.82, 2.24) is 20.1 Å². The molecule has 0 bridgehead atoms. The van der Waals surface area contributed by atoms with Crippen LogP contribution in [0.4, 0.5) is 13.2 Å². The summed E-state index contributed by atoms with van der Waals surface area (Å²) in [5, 5.41) is 6.33. The fraction of sp³-hybridized carbons (Fsp3) is 0.667. The van der Waals surface area contributed by atoms with Crippen molar-refractivity contribution in [1.29, 1.82) is 0 Å². The number of halogens is 4. The molecule has 0 spiro atoms. The lowest BCUT2D eigenvalue weighted by Gasteiger charge is -2.18. The molecule has 1 heterocycles. The number of alkyl halides is 3. The third-order valence-corrected chi connectivity index (χ3v) is 3.09. The first-order valence-corrected chi connectivity index (χ1v) is 7.79. The van der Waals surface area contributed by atoms with E-state index in [2.05, 4.69) is 20.2 Å². The molecule has 0 saturated heterocycles. The van der Waals surface area contributed by atoms with Gasteiger partial charge >= 0.3 is 6.18 Å². The van der Waals surface area contributed by atoms with E-state index in [1.54, 1.807) is 0 Å². The molecule has 2 N–H and O–H groups in total. The Morgan fingerprint density at radius 1 is 1.21 bits per heavy atom. The summed E-state index contributed by atoms with van der Waals surface area (Å²) in [6, 6.07) is 3.94. The highest BCUT2D eigenvalue weighted by Crippen LogP contribution is 2.15. The molecule has 5 nitrogen and oxygen atoms in total. The molecule has 9 heteroatoms. The zero-order chi connectivity index (χ0) is 17.1. The molecule has 0 aliphatic heterocycles. The monoisotopic (exact) mass is 461 g/mol. The van der Waals surface area contributed by atoms with Crippen LogP contribution in [0, 0.1) is 0 Å². The summed E-state index contributed by atoms with van der Waals surface area (Å²) in [5.41, 5.74) is 0. The van der Waals surface area contributed by atoms with Gasteiger partial charge in [-0.25, -0.2) is 0 Å². The zero-order valence-corrected chi connectivity index (χ0v) is 16.5. The second-order valence-electron chi connectivity index (χ2n) is 5.31. The third kappa shape index (κ3) is 11.5. The first-order chi connectivity index (χ1) is 10.9. The fourth-order valence-corrected chi connectivity index (χ4v) is 2.08. The van der Waals surface area contributed by atoms with E-state index in [1.807, 2.05) is 31.5 Å². The van der Waals surface area contributed by atoms with Crippen LogP contribution in [-0.4, -0.2) is 61.4 Å². The number of guanidine groups is 1. The summed E-state index contributed by atoms with van der Waals surface area (Å²) >= 11 is 0. The molecular formula is C15H27F3IN5. The molecular weight excluding hydrogens is 434 g/mol. The van der Waals surface area contributed by atoms with Crippen molar-refractivity contribution in [3.63, 3.8) is 0 Å². The molecule has 1 aromatic rings. The van der Waals surface area contributed by atoms with Gasteiger partial charge in [-0.3, -0.25) is 9.89 Å². The highest BCUT2D eigenvalue weighted by atomic mass is 127. The van der Waals surface area contributed by atoms with E-state index in [1.165, 1.54) is 11.9 Å². The Bertz CT molecular complexity index is 448. The largest absolute Gasteiger partial charge is 0.401 e. The molecule has 1 aromatic heterocycles. The van der Waals surface area contributed by atoms with Gasteiger partial charge in [0.05, 0.1) is 6.54 Å². The summed E-state index contributed by atoms with van der Waals surface area (Å²) in [7, 11) is 1.47. The van der Waals surface area contributed by atoms with Crippen LogP contribution in [0.2, 0.25) is 0 Å². The number of hydrogen-bond acceptors (Lipinski definition) is 2. The molecule has 0 aliphatic carbocycles. The van der Waals surface area contributed by atoms with Gasteiger partial charge in [-0.05, 0) is 39.1 Å². The van der Waals surface area contributed by atoms with E-state index in [4.69, 9.17) is 0 Å². The van der Waals surface area contributed by atoms with Gasteiger partial charge in [0.25, 0.3) is 0 Å². The average Bonchev–Trinajstić information content (AvgIpc) is 2.94. The normalized spacial score (nSPS) is 12.2.